The number of hydrogen-bond acceptors (Lipinski definition) is 10. The summed E-state index contributed by atoms with van der Waals surface area (Å²) in [6.45, 7) is 0.994. The van der Waals surface area contributed by atoms with Gasteiger partial charge in [-0.25, -0.2) is 4.79 Å². The van der Waals surface area contributed by atoms with Crippen LogP contribution in [0.4, 0.5) is 0 Å². The van der Waals surface area contributed by atoms with Gasteiger partial charge < -0.3 is 41.1 Å². The number of thiol groups is 2. The van der Waals surface area contributed by atoms with Crippen molar-refractivity contribution in [2.45, 2.75) is 68.7 Å². The van der Waals surface area contributed by atoms with E-state index in [0.29, 0.717) is 25.8 Å². The van der Waals surface area contributed by atoms with E-state index in [4.69, 9.17) is 0 Å². The minimum Gasteiger partial charge on any atom is -0.508 e. The van der Waals surface area contributed by atoms with Crippen LogP contribution in [0.3, 0.4) is 0 Å². The molecule has 1 aromatic rings. The van der Waals surface area contributed by atoms with Gasteiger partial charge >= 0.3 is 5.97 Å². The molecular weight excluding hydrogens is 614 g/mol. The number of phenols is 1. The number of nitrogens with zero attached hydrogens (tertiary/aromatic N) is 2. The smallest absolute Gasteiger partial charge is 0.327 e. The molecule has 16 heteroatoms. The molecule has 2 aliphatic rings. The number of amides is 5. The summed E-state index contributed by atoms with van der Waals surface area (Å²) in [6, 6.07) is 0.385. The summed E-state index contributed by atoms with van der Waals surface area (Å²) in [5.41, 5.74) is 0.730. The third-order valence-electron chi connectivity index (χ3n) is 7.89. The van der Waals surface area contributed by atoms with E-state index in [1.807, 2.05) is 0 Å². The number of carboxylic acids is 1. The Kier molecular flexibility index (Phi) is 12.7. The van der Waals surface area contributed by atoms with Crippen molar-refractivity contribution in [3.63, 3.8) is 0 Å². The van der Waals surface area contributed by atoms with E-state index in [2.05, 4.69) is 41.2 Å². The highest BCUT2D eigenvalue weighted by Gasteiger charge is 2.43. The Balaban J connectivity index is 1.72. The second kappa shape index (κ2) is 16.0. The molecule has 2 heterocycles. The average Bonchev–Trinajstić information content (AvgIpc) is 3.46. The van der Waals surface area contributed by atoms with Crippen LogP contribution < -0.4 is 16.0 Å². The zero-order chi connectivity index (χ0) is 32.6. The van der Waals surface area contributed by atoms with E-state index in [9.17, 15) is 44.1 Å². The Labute approximate surface area is 265 Å². The van der Waals surface area contributed by atoms with Gasteiger partial charge in [0.05, 0.1) is 6.61 Å². The zero-order valence-corrected chi connectivity index (χ0v) is 26.0. The van der Waals surface area contributed by atoms with E-state index in [-0.39, 0.29) is 36.1 Å². The number of nitrogens with one attached hydrogen (secondary N) is 3. The van der Waals surface area contributed by atoms with Crippen LogP contribution in [0.15, 0.2) is 24.3 Å². The summed E-state index contributed by atoms with van der Waals surface area (Å²) in [5, 5.41) is 36.4. The highest BCUT2D eigenvalue weighted by Crippen LogP contribution is 2.34. The molecule has 14 nitrogen and oxygen atoms in total. The first-order valence-electron chi connectivity index (χ1n) is 14.3. The Bertz CT molecular complexity index is 1230. The number of aromatic hydroxyl groups is 1. The van der Waals surface area contributed by atoms with E-state index in [0.717, 1.165) is 5.56 Å². The van der Waals surface area contributed by atoms with Crippen molar-refractivity contribution in [1.82, 2.24) is 25.8 Å². The Morgan fingerprint density at radius 3 is 2.07 bits per heavy atom. The molecule has 2 fully saturated rings. The van der Waals surface area contributed by atoms with E-state index in [1.165, 1.54) is 28.9 Å². The van der Waals surface area contributed by atoms with Gasteiger partial charge in [0.25, 0.3) is 0 Å². The predicted molar refractivity (Wildman–Crippen MR) is 164 cm³/mol. The van der Waals surface area contributed by atoms with Crippen LogP contribution in [0.25, 0.3) is 0 Å². The average molecular weight is 654 g/mol. The second-order valence-electron chi connectivity index (χ2n) is 10.8. The van der Waals surface area contributed by atoms with Gasteiger partial charge in [0.1, 0.15) is 36.0 Å². The molecule has 2 aliphatic heterocycles. The molecule has 0 saturated carbocycles. The lowest BCUT2D eigenvalue weighted by Gasteiger charge is -2.37. The van der Waals surface area contributed by atoms with Gasteiger partial charge in [-0.1, -0.05) is 12.1 Å². The quantitative estimate of drug-likeness (QED) is 0.128. The van der Waals surface area contributed by atoms with Crippen molar-refractivity contribution in [3.05, 3.63) is 29.8 Å². The molecule has 1 aromatic carbocycles. The number of rotatable bonds is 12. The number of aliphatic hydroxyl groups is 1. The number of aliphatic hydroxyl groups excluding tert-OH is 1. The van der Waals surface area contributed by atoms with Gasteiger partial charge in [0, 0.05) is 37.4 Å². The lowest BCUT2D eigenvalue weighted by atomic mass is 9.91. The standard InChI is InChI=1S/C28H39N5O9S2/c1-15(35)32-11-9-18(16-5-7-17(36)8-6-16)23(32)26(39)30-20(13-43)24(37)29-19(12-34)27(40)33-10-3-2-4-22(33)25(38)31-21(14-44)28(41)42/h5-8,18-23,34,36,43-44H,2-4,9-14H2,1H3,(H,29,37)(H,30,39)(H,31,38)(H,41,42)/t18?,19-,20-,21-,22-,23-/m0/s1. The van der Waals surface area contributed by atoms with Crippen molar-refractivity contribution in [2.24, 2.45) is 0 Å². The number of aliphatic carboxylic acids is 1. The molecule has 0 aliphatic carbocycles. The normalized spacial score (nSPS) is 22.0. The van der Waals surface area contributed by atoms with Gasteiger partial charge in [-0.3, -0.25) is 24.0 Å². The van der Waals surface area contributed by atoms with E-state index >= 15 is 0 Å². The maximum atomic E-state index is 13.5. The number of carbonyl (C=O) groups is 6. The van der Waals surface area contributed by atoms with Gasteiger partial charge in [-0.05, 0) is 43.4 Å². The molecule has 0 spiro atoms. The van der Waals surface area contributed by atoms with Gasteiger partial charge in [-0.15, -0.1) is 0 Å². The largest absolute Gasteiger partial charge is 0.508 e. The van der Waals surface area contributed by atoms with E-state index < -0.39 is 72.3 Å². The summed E-state index contributed by atoms with van der Waals surface area (Å²) in [7, 11) is 0. The molecule has 3 rings (SSSR count). The minimum absolute atomic E-state index is 0.0505. The van der Waals surface area contributed by atoms with Crippen LogP contribution in [0, 0.1) is 0 Å². The number of carboxylic acid groups (broad SMARTS) is 1. The van der Waals surface area contributed by atoms with Crippen LogP contribution in [-0.4, -0.2) is 122 Å². The van der Waals surface area contributed by atoms with E-state index in [1.54, 1.807) is 12.1 Å². The Hall–Kier alpha value is -3.50. The summed E-state index contributed by atoms with van der Waals surface area (Å²) in [4.78, 5) is 79.4. The second-order valence-corrected chi connectivity index (χ2v) is 11.5. The minimum atomic E-state index is -1.46. The van der Waals surface area contributed by atoms with Crippen LogP contribution in [0.2, 0.25) is 0 Å². The highest BCUT2D eigenvalue weighted by atomic mass is 32.1. The molecule has 2 saturated heterocycles. The lowest BCUT2D eigenvalue weighted by molar-refractivity contribution is -0.147. The Morgan fingerprint density at radius 2 is 1.50 bits per heavy atom. The summed E-state index contributed by atoms with van der Waals surface area (Å²) < 4.78 is 0. The maximum absolute atomic E-state index is 13.5. The number of piperidine rings is 1. The first-order valence-corrected chi connectivity index (χ1v) is 15.5. The third-order valence-corrected chi connectivity index (χ3v) is 8.62. The molecule has 0 bridgehead atoms. The van der Waals surface area contributed by atoms with Gasteiger partial charge in [-0.2, -0.15) is 25.3 Å². The molecule has 6 N–H and O–H groups in total. The molecule has 242 valence electrons. The number of carbonyl (C=O) groups excluding carboxylic acids is 5. The van der Waals surface area contributed by atoms with Crippen molar-refractivity contribution < 1.29 is 44.1 Å². The number of likely N-dealkylation sites (tertiary alicyclic amines) is 2. The van der Waals surface area contributed by atoms with Crippen LogP contribution in [-0.2, 0) is 28.8 Å². The molecular formula is C28H39N5O9S2. The SMILES string of the molecule is CC(=O)N1CCC(c2ccc(O)cc2)[C@H]1C(=O)N[C@@H](CS)C(=O)N[C@@H](CO)C(=O)N1CCCC[C@H]1C(=O)N[C@@H](CS)C(=O)O. The topological polar surface area (TPSA) is 206 Å². The third kappa shape index (κ3) is 8.35. The van der Waals surface area contributed by atoms with Gasteiger partial charge in [0.15, 0.2) is 0 Å². The van der Waals surface area contributed by atoms with Crippen molar-refractivity contribution in [1.29, 1.82) is 0 Å². The van der Waals surface area contributed by atoms with Crippen LogP contribution in [0.5, 0.6) is 5.75 Å². The van der Waals surface area contributed by atoms with Crippen molar-refractivity contribution in [3.8, 4) is 5.75 Å². The molecule has 0 aromatic heterocycles. The van der Waals surface area contributed by atoms with Gasteiger partial charge in [0.2, 0.25) is 29.5 Å². The number of benzene rings is 1. The predicted octanol–water partition coefficient (Wildman–Crippen LogP) is -1.13. The zero-order valence-electron chi connectivity index (χ0n) is 24.2. The molecule has 6 atom stereocenters. The van der Waals surface area contributed by atoms with Crippen LogP contribution >= 0.6 is 25.3 Å². The number of hydrogen-bond donors (Lipinski definition) is 8. The first-order chi connectivity index (χ1) is 20.9. The highest BCUT2D eigenvalue weighted by molar-refractivity contribution is 7.80. The van der Waals surface area contributed by atoms with Crippen LogP contribution in [0.1, 0.15) is 44.1 Å². The van der Waals surface area contributed by atoms with Crippen molar-refractivity contribution >= 4 is 60.8 Å². The summed E-state index contributed by atoms with van der Waals surface area (Å²) >= 11 is 8.14. The molecule has 44 heavy (non-hydrogen) atoms. The lowest BCUT2D eigenvalue weighted by Crippen LogP contribution is -2.61. The molecule has 0 radical (unpaired) electrons. The summed E-state index contributed by atoms with van der Waals surface area (Å²) in [5.74, 6) is -5.13. The monoisotopic (exact) mass is 653 g/mol. The maximum Gasteiger partial charge on any atom is 0.327 e. The molecule has 1 unspecified atom stereocenters. The summed E-state index contributed by atoms with van der Waals surface area (Å²) in [6.07, 6.45) is 1.90. The van der Waals surface area contributed by atoms with Crippen molar-refractivity contribution in [2.75, 3.05) is 31.2 Å². The number of phenolic OH excluding ortho intramolecular Hbond substituents is 1. The fourth-order valence-electron chi connectivity index (χ4n) is 5.57. The fraction of sp³-hybridized carbons (Fsp3) is 0.571. The first kappa shape index (κ1) is 35.0. The molecule has 5 amide bonds. The Morgan fingerprint density at radius 1 is 0.864 bits per heavy atom. The fourth-order valence-corrected chi connectivity index (χ4v) is 6.08.